The predicted octanol–water partition coefficient (Wildman–Crippen LogP) is 4.81. The molecule has 0 atom stereocenters. The van der Waals surface area contributed by atoms with Gasteiger partial charge in [-0.1, -0.05) is 23.8 Å². The van der Waals surface area contributed by atoms with E-state index in [0.29, 0.717) is 14.4 Å². The van der Waals surface area contributed by atoms with E-state index in [9.17, 15) is 13.2 Å². The summed E-state index contributed by atoms with van der Waals surface area (Å²) in [6, 6.07) is 5.95. The minimum Gasteiger partial charge on any atom is -0.255 e. The summed E-state index contributed by atoms with van der Waals surface area (Å²) in [6.45, 7) is 3.92. The Morgan fingerprint density at radius 3 is 2.12 bits per heavy atom. The van der Waals surface area contributed by atoms with Crippen molar-refractivity contribution in [3.05, 3.63) is 40.5 Å². The highest BCUT2D eigenvalue weighted by atomic mass is 19.1. The molecule has 0 bridgehead atoms. The van der Waals surface area contributed by atoms with Crippen molar-refractivity contribution in [3.8, 4) is 0 Å². The van der Waals surface area contributed by atoms with Crippen molar-refractivity contribution in [2.24, 2.45) is 0 Å². The fourth-order valence-electron chi connectivity index (χ4n) is 1.81. The molecule has 0 radical (unpaired) electrons. The first-order valence-electron chi connectivity index (χ1n) is 5.39. The number of aryl methyl sites for hydroxylation is 2. The first-order chi connectivity index (χ1) is 8.18. The maximum absolute atomic E-state index is 13.6. The van der Waals surface area contributed by atoms with Crippen molar-refractivity contribution < 1.29 is 13.2 Å². The van der Waals surface area contributed by atoms with Crippen LogP contribution in [0.5, 0.6) is 0 Å². The molecule has 0 saturated carbocycles. The summed E-state index contributed by atoms with van der Waals surface area (Å²) in [5.74, 6) is -0.0127. The van der Waals surface area contributed by atoms with Gasteiger partial charge < -0.3 is 0 Å². The van der Waals surface area contributed by atoms with Crippen LogP contribution in [0.3, 0.4) is 0 Å². The highest BCUT2D eigenvalue weighted by molar-refractivity contribution is 5.67. The molecular formula is C14H19F3. The molecule has 0 saturated heterocycles. The van der Waals surface area contributed by atoms with Gasteiger partial charge in [0.1, 0.15) is 5.83 Å². The number of benzene rings is 1. The summed E-state index contributed by atoms with van der Waals surface area (Å²) in [5, 5.41) is 0. The van der Waals surface area contributed by atoms with Crippen molar-refractivity contribution in [3.63, 3.8) is 0 Å². The number of halogens is 3. The summed E-state index contributed by atoms with van der Waals surface area (Å²) >= 11 is 0. The summed E-state index contributed by atoms with van der Waals surface area (Å²) in [6.07, 6.45) is 1.85. The number of alkyl halides is 2. The molecule has 0 nitrogen and oxygen atoms in total. The lowest BCUT2D eigenvalue weighted by Crippen LogP contribution is -2.01. The maximum Gasteiger partial charge on any atom is 0.129 e. The second kappa shape index (κ2) is 7.93. The minimum atomic E-state index is -0.0127. The number of hydrogen-bond acceptors (Lipinski definition) is 0. The van der Waals surface area contributed by atoms with E-state index in [1.807, 2.05) is 26.0 Å². The fraction of sp³-hybridized carbons (Fsp3) is 0.429. The van der Waals surface area contributed by atoms with Crippen molar-refractivity contribution in [2.45, 2.75) is 26.7 Å². The smallest absolute Gasteiger partial charge is 0.129 e. The van der Waals surface area contributed by atoms with Gasteiger partial charge >= 0.3 is 0 Å². The first kappa shape index (κ1) is 15.8. The van der Waals surface area contributed by atoms with Crippen LogP contribution < -0.4 is 0 Å². The molecule has 0 N–H and O–H groups in total. The van der Waals surface area contributed by atoms with Crippen molar-refractivity contribution >= 4 is 5.83 Å². The molecule has 0 fully saturated rings. The van der Waals surface area contributed by atoms with Gasteiger partial charge in [0.15, 0.2) is 0 Å². The van der Waals surface area contributed by atoms with Crippen LogP contribution in [0.25, 0.3) is 5.83 Å². The van der Waals surface area contributed by atoms with Crippen molar-refractivity contribution in [1.82, 2.24) is 0 Å². The Balaban J connectivity index is 0.000000581. The first-order valence-corrected chi connectivity index (χ1v) is 5.39. The molecule has 0 amide bonds. The average Bonchev–Trinajstić information content (AvgIpc) is 2.39. The van der Waals surface area contributed by atoms with Gasteiger partial charge in [-0.25, -0.2) is 4.39 Å². The molecule has 96 valence electrons. The summed E-state index contributed by atoms with van der Waals surface area (Å²) in [4.78, 5) is 0. The molecular weight excluding hydrogens is 225 g/mol. The molecule has 0 heterocycles. The van der Waals surface area contributed by atoms with E-state index in [2.05, 4.69) is 6.07 Å². The predicted molar refractivity (Wildman–Crippen MR) is 67.3 cm³/mol. The van der Waals surface area contributed by atoms with Crippen molar-refractivity contribution in [2.75, 3.05) is 14.4 Å². The molecule has 0 aromatic heterocycles. The highest BCUT2D eigenvalue weighted by Crippen LogP contribution is 2.32. The Morgan fingerprint density at radius 1 is 0.941 bits per heavy atom. The molecule has 17 heavy (non-hydrogen) atoms. The average molecular weight is 244 g/mol. The fourth-order valence-corrected chi connectivity index (χ4v) is 1.81. The third-order valence-corrected chi connectivity index (χ3v) is 2.64. The van der Waals surface area contributed by atoms with Crippen LogP contribution in [0.1, 0.15) is 30.0 Å². The van der Waals surface area contributed by atoms with E-state index in [1.54, 1.807) is 0 Å². The van der Waals surface area contributed by atoms with Gasteiger partial charge in [0, 0.05) is 5.56 Å². The van der Waals surface area contributed by atoms with Gasteiger partial charge in [0.2, 0.25) is 0 Å². The monoisotopic (exact) mass is 244 g/mol. The zero-order chi connectivity index (χ0) is 13.4. The molecule has 3 heteroatoms. The van der Waals surface area contributed by atoms with Crippen LogP contribution in [-0.2, 0) is 6.42 Å². The number of allylic oxidation sites excluding steroid dienone is 1. The maximum atomic E-state index is 13.6. The van der Waals surface area contributed by atoms with Gasteiger partial charge in [-0.15, -0.1) is 0 Å². The third-order valence-electron chi connectivity index (χ3n) is 2.64. The lowest BCUT2D eigenvalue weighted by atomic mass is 9.91. The number of fused-ring (bicyclic) bond motifs is 1. The van der Waals surface area contributed by atoms with Gasteiger partial charge in [-0.2, -0.15) is 0 Å². The van der Waals surface area contributed by atoms with E-state index in [-0.39, 0.29) is 5.83 Å². The standard InChI is InChI=1S/C12H13F.2CH3F/c1-8-3-6-11-10(7-8)5-4-9(2)12(11)13;2*1-2/h3,6-7H,4-5H2,1-2H3;2*1H3. The molecule has 1 aromatic carbocycles. The largest absolute Gasteiger partial charge is 0.255 e. The highest BCUT2D eigenvalue weighted by Gasteiger charge is 2.15. The van der Waals surface area contributed by atoms with Crippen LogP contribution in [0.15, 0.2) is 23.8 Å². The van der Waals surface area contributed by atoms with Gasteiger partial charge in [-0.05, 0) is 37.8 Å². The SMILES string of the molecule is CC1=C(F)c2ccc(C)cc2CC1.CF.CF. The van der Waals surface area contributed by atoms with Crippen LogP contribution >= 0.6 is 0 Å². The van der Waals surface area contributed by atoms with Crippen molar-refractivity contribution in [1.29, 1.82) is 0 Å². The van der Waals surface area contributed by atoms with Crippen LogP contribution in [0, 0.1) is 6.92 Å². The van der Waals surface area contributed by atoms with Gasteiger partial charge in [0.05, 0.1) is 14.4 Å². The Labute approximate surface area is 101 Å². The third kappa shape index (κ3) is 3.91. The normalized spacial score (nSPS) is 12.9. The zero-order valence-corrected chi connectivity index (χ0v) is 10.8. The lowest BCUT2D eigenvalue weighted by molar-refractivity contribution is 0.635. The Bertz CT molecular complexity index is 381. The summed E-state index contributed by atoms with van der Waals surface area (Å²) in [5.41, 5.74) is 4.06. The van der Waals surface area contributed by atoms with Crippen LogP contribution in [-0.4, -0.2) is 14.4 Å². The molecule has 1 aromatic rings. The van der Waals surface area contributed by atoms with Gasteiger partial charge in [0.25, 0.3) is 0 Å². The Kier molecular flexibility index (Phi) is 7.35. The number of rotatable bonds is 0. The van der Waals surface area contributed by atoms with Gasteiger partial charge in [-0.3, -0.25) is 8.78 Å². The zero-order valence-electron chi connectivity index (χ0n) is 10.8. The minimum absolute atomic E-state index is 0.0127. The van der Waals surface area contributed by atoms with E-state index < -0.39 is 0 Å². The Morgan fingerprint density at radius 2 is 1.53 bits per heavy atom. The van der Waals surface area contributed by atoms with E-state index in [1.165, 1.54) is 5.56 Å². The van der Waals surface area contributed by atoms with Crippen LogP contribution in [0.4, 0.5) is 13.2 Å². The second-order valence-corrected chi connectivity index (χ2v) is 3.75. The molecule has 0 spiro atoms. The lowest BCUT2D eigenvalue weighted by Gasteiger charge is -2.16. The second-order valence-electron chi connectivity index (χ2n) is 3.75. The van der Waals surface area contributed by atoms with E-state index >= 15 is 0 Å². The Hall–Kier alpha value is -1.25. The number of hydrogen-bond donors (Lipinski definition) is 0. The molecule has 1 aliphatic carbocycles. The molecule has 0 unspecified atom stereocenters. The van der Waals surface area contributed by atoms with E-state index in [4.69, 9.17) is 0 Å². The summed E-state index contributed by atoms with van der Waals surface area (Å²) in [7, 11) is 1.00. The van der Waals surface area contributed by atoms with Crippen LogP contribution in [0.2, 0.25) is 0 Å². The molecule has 2 rings (SSSR count). The quantitative estimate of drug-likeness (QED) is 0.614. The molecule has 1 aliphatic rings. The molecule has 0 aliphatic heterocycles. The summed E-state index contributed by atoms with van der Waals surface area (Å²) < 4.78 is 32.6. The van der Waals surface area contributed by atoms with E-state index in [0.717, 1.165) is 29.5 Å². The topological polar surface area (TPSA) is 0 Å².